The third-order valence-electron chi connectivity index (χ3n) is 6.24. The molecule has 0 atom stereocenters. The van der Waals surface area contributed by atoms with Crippen LogP contribution in [0.4, 0.5) is 21.5 Å². The molecule has 2 aromatic rings. The number of halogens is 1. The van der Waals surface area contributed by atoms with Crippen molar-refractivity contribution in [3.8, 4) is 6.07 Å². The number of nitrogens with zero attached hydrogens (tertiary/aromatic N) is 4. The first-order valence-corrected chi connectivity index (χ1v) is 10.7. The standard InChI is InChI=1S/C24H21FN4OS/c1-16-19(27-2)11-12-20(21(16)25)28-22(30)24(13-5-14-24)29(23(28)31)18-9-7-17(8-10-18)6-3-4-15-26/h7-12H,3-6,13-14H2,1H3. The van der Waals surface area contributed by atoms with Gasteiger partial charge in [0.2, 0.25) is 0 Å². The van der Waals surface area contributed by atoms with E-state index in [0.29, 0.717) is 19.3 Å². The number of benzene rings is 2. The molecule has 1 amide bonds. The van der Waals surface area contributed by atoms with Gasteiger partial charge in [0.1, 0.15) is 11.4 Å². The maximum Gasteiger partial charge on any atom is 0.259 e. The summed E-state index contributed by atoms with van der Waals surface area (Å²) in [7, 11) is 0. The smallest absolute Gasteiger partial charge is 0.259 e. The summed E-state index contributed by atoms with van der Waals surface area (Å²) in [5.41, 5.74) is 1.68. The summed E-state index contributed by atoms with van der Waals surface area (Å²) < 4.78 is 15.1. The molecule has 156 valence electrons. The van der Waals surface area contributed by atoms with Gasteiger partial charge in [-0.1, -0.05) is 18.2 Å². The first-order chi connectivity index (χ1) is 14.9. The molecule has 1 spiro atoms. The number of carbonyl (C=O) groups excluding carboxylic acids is 1. The minimum atomic E-state index is -0.780. The van der Waals surface area contributed by atoms with Gasteiger partial charge in [0.05, 0.1) is 18.3 Å². The Hall–Kier alpha value is -3.29. The number of anilines is 2. The lowest BCUT2D eigenvalue weighted by Gasteiger charge is -2.43. The molecule has 2 aromatic carbocycles. The first-order valence-electron chi connectivity index (χ1n) is 10.3. The summed E-state index contributed by atoms with van der Waals surface area (Å²) in [4.78, 5) is 20.0. The molecule has 1 aliphatic carbocycles. The number of nitriles is 1. The lowest BCUT2D eigenvalue weighted by molar-refractivity contribution is -0.123. The van der Waals surface area contributed by atoms with Crippen molar-refractivity contribution in [2.75, 3.05) is 9.80 Å². The van der Waals surface area contributed by atoms with Gasteiger partial charge < -0.3 is 4.90 Å². The van der Waals surface area contributed by atoms with E-state index in [1.54, 1.807) is 0 Å². The second-order valence-corrected chi connectivity index (χ2v) is 8.34. The van der Waals surface area contributed by atoms with E-state index in [9.17, 15) is 4.79 Å². The van der Waals surface area contributed by atoms with Gasteiger partial charge >= 0.3 is 0 Å². The normalized spacial score (nSPS) is 16.9. The minimum Gasteiger partial charge on any atom is -0.303 e. The Morgan fingerprint density at radius 3 is 2.55 bits per heavy atom. The molecule has 0 bridgehead atoms. The summed E-state index contributed by atoms with van der Waals surface area (Å²) in [5.74, 6) is -0.802. The monoisotopic (exact) mass is 432 g/mol. The molecule has 1 saturated carbocycles. The number of carbonyl (C=O) groups is 1. The highest BCUT2D eigenvalue weighted by Crippen LogP contribution is 2.48. The van der Waals surface area contributed by atoms with E-state index < -0.39 is 11.4 Å². The van der Waals surface area contributed by atoms with Crippen LogP contribution in [0.15, 0.2) is 36.4 Å². The van der Waals surface area contributed by atoms with E-state index in [0.717, 1.165) is 30.5 Å². The van der Waals surface area contributed by atoms with Crippen LogP contribution in [0.5, 0.6) is 0 Å². The van der Waals surface area contributed by atoms with Crippen LogP contribution in [-0.4, -0.2) is 16.6 Å². The molecule has 2 aliphatic rings. The van der Waals surface area contributed by atoms with Gasteiger partial charge in [0.15, 0.2) is 10.8 Å². The highest BCUT2D eigenvalue weighted by molar-refractivity contribution is 7.81. The van der Waals surface area contributed by atoms with Crippen LogP contribution in [-0.2, 0) is 11.2 Å². The Bertz CT molecular complexity index is 1140. The van der Waals surface area contributed by atoms with Gasteiger partial charge in [-0.15, -0.1) is 0 Å². The van der Waals surface area contributed by atoms with Gasteiger partial charge in [-0.2, -0.15) is 5.26 Å². The summed E-state index contributed by atoms with van der Waals surface area (Å²) in [6.07, 6.45) is 4.35. The van der Waals surface area contributed by atoms with E-state index >= 15 is 4.39 Å². The van der Waals surface area contributed by atoms with E-state index in [2.05, 4.69) is 10.9 Å². The van der Waals surface area contributed by atoms with Crippen LogP contribution in [0, 0.1) is 30.6 Å². The molecule has 0 unspecified atom stereocenters. The summed E-state index contributed by atoms with van der Waals surface area (Å²) in [5, 5.41) is 8.97. The predicted octanol–water partition coefficient (Wildman–Crippen LogP) is 5.59. The van der Waals surface area contributed by atoms with Crippen molar-refractivity contribution >= 4 is 40.3 Å². The Labute approximate surface area is 186 Å². The van der Waals surface area contributed by atoms with Crippen molar-refractivity contribution < 1.29 is 9.18 Å². The largest absolute Gasteiger partial charge is 0.303 e. The second-order valence-electron chi connectivity index (χ2n) is 7.98. The van der Waals surface area contributed by atoms with Gasteiger partial charge in [-0.05, 0) is 80.6 Å². The van der Waals surface area contributed by atoms with Crippen LogP contribution in [0.25, 0.3) is 4.85 Å². The van der Waals surface area contributed by atoms with Crippen molar-refractivity contribution in [2.45, 2.75) is 51.0 Å². The molecule has 2 fully saturated rings. The molecule has 0 N–H and O–H groups in total. The zero-order valence-corrected chi connectivity index (χ0v) is 18.0. The van der Waals surface area contributed by atoms with E-state index in [4.69, 9.17) is 24.1 Å². The topological polar surface area (TPSA) is 51.7 Å². The SMILES string of the molecule is [C-]#[N+]c1ccc(N2C(=O)C3(CCC3)N(c3ccc(CCCC#N)cc3)C2=S)c(F)c1C. The second kappa shape index (κ2) is 8.09. The average Bonchev–Trinajstić information content (AvgIpc) is 2.98. The minimum absolute atomic E-state index is 0.0989. The zero-order valence-electron chi connectivity index (χ0n) is 17.2. The molecule has 1 saturated heterocycles. The molecule has 4 rings (SSSR count). The van der Waals surface area contributed by atoms with Crippen molar-refractivity contribution in [2.24, 2.45) is 0 Å². The summed E-state index contributed by atoms with van der Waals surface area (Å²) in [6.45, 7) is 8.72. The van der Waals surface area contributed by atoms with Crippen molar-refractivity contribution in [3.05, 3.63) is 64.8 Å². The van der Waals surface area contributed by atoms with Gasteiger partial charge in [-0.25, -0.2) is 9.24 Å². The number of aryl methyl sites for hydroxylation is 1. The zero-order chi connectivity index (χ0) is 22.2. The summed E-state index contributed by atoms with van der Waals surface area (Å²) >= 11 is 5.70. The number of rotatable bonds is 5. The van der Waals surface area contributed by atoms with E-state index in [1.807, 2.05) is 29.2 Å². The van der Waals surface area contributed by atoms with Crippen molar-refractivity contribution in [3.63, 3.8) is 0 Å². The van der Waals surface area contributed by atoms with Crippen LogP contribution < -0.4 is 9.80 Å². The van der Waals surface area contributed by atoms with Gasteiger partial charge in [0, 0.05) is 12.1 Å². The summed E-state index contributed by atoms with van der Waals surface area (Å²) in [6, 6.07) is 13.0. The molecule has 0 aromatic heterocycles. The molecule has 31 heavy (non-hydrogen) atoms. The first kappa shape index (κ1) is 21.0. The third kappa shape index (κ3) is 3.26. The third-order valence-corrected chi connectivity index (χ3v) is 6.60. The molecule has 1 aliphatic heterocycles. The fourth-order valence-corrected chi connectivity index (χ4v) is 4.79. The lowest BCUT2D eigenvalue weighted by atomic mass is 9.75. The van der Waals surface area contributed by atoms with Crippen LogP contribution in [0.3, 0.4) is 0 Å². The van der Waals surface area contributed by atoms with E-state index in [1.165, 1.54) is 24.0 Å². The fourth-order valence-electron chi connectivity index (χ4n) is 4.33. The van der Waals surface area contributed by atoms with Gasteiger partial charge in [-0.3, -0.25) is 9.69 Å². The number of unbranched alkanes of at least 4 members (excludes halogenated alkanes) is 1. The van der Waals surface area contributed by atoms with Crippen LogP contribution in [0.1, 0.15) is 43.2 Å². The number of hydrogen-bond donors (Lipinski definition) is 0. The van der Waals surface area contributed by atoms with Crippen LogP contribution >= 0.6 is 12.2 Å². The molecule has 1 heterocycles. The Morgan fingerprint density at radius 1 is 1.26 bits per heavy atom. The molecular weight excluding hydrogens is 411 g/mol. The Balaban J connectivity index is 1.70. The molecule has 0 radical (unpaired) electrons. The number of thiocarbonyl (C=S) groups is 1. The maximum absolute atomic E-state index is 15.1. The molecule has 5 nitrogen and oxygen atoms in total. The molecule has 7 heteroatoms. The van der Waals surface area contributed by atoms with Crippen molar-refractivity contribution in [1.82, 2.24) is 0 Å². The Kier molecular flexibility index (Phi) is 5.47. The fraction of sp³-hybridized carbons (Fsp3) is 0.333. The van der Waals surface area contributed by atoms with Crippen molar-refractivity contribution in [1.29, 1.82) is 5.26 Å². The highest BCUT2D eigenvalue weighted by atomic mass is 32.1. The lowest BCUT2D eigenvalue weighted by Crippen LogP contribution is -2.55. The van der Waals surface area contributed by atoms with Gasteiger partial charge in [0.25, 0.3) is 5.91 Å². The quantitative estimate of drug-likeness (QED) is 0.351. The Morgan fingerprint density at radius 2 is 1.97 bits per heavy atom. The average molecular weight is 433 g/mol. The predicted molar refractivity (Wildman–Crippen MR) is 122 cm³/mol. The van der Waals surface area contributed by atoms with Crippen LogP contribution in [0.2, 0.25) is 0 Å². The number of hydrogen-bond acceptors (Lipinski definition) is 3. The maximum atomic E-state index is 15.1. The number of amides is 1. The highest BCUT2D eigenvalue weighted by Gasteiger charge is 2.59. The molecular formula is C24H21FN4OS. The van der Waals surface area contributed by atoms with E-state index in [-0.39, 0.29) is 28.0 Å².